The Bertz CT molecular complexity index is 717. The molecule has 1 aliphatic heterocycles. The van der Waals surface area contributed by atoms with E-state index in [0.717, 1.165) is 11.3 Å². The summed E-state index contributed by atoms with van der Waals surface area (Å²) in [6.07, 6.45) is 1.06. The van der Waals surface area contributed by atoms with Crippen molar-refractivity contribution in [3.8, 4) is 12.1 Å². The molecule has 23 heavy (non-hydrogen) atoms. The van der Waals surface area contributed by atoms with Crippen molar-refractivity contribution in [3.63, 3.8) is 0 Å². The molecule has 0 saturated carbocycles. The Balaban J connectivity index is 2.16. The summed E-state index contributed by atoms with van der Waals surface area (Å²) < 4.78 is 0. The fraction of sp³-hybridized carbons (Fsp3) is 0.312. The van der Waals surface area contributed by atoms with Crippen LogP contribution in [0.5, 0.6) is 0 Å². The Morgan fingerprint density at radius 2 is 1.91 bits per heavy atom. The van der Waals surface area contributed by atoms with E-state index in [1.165, 1.54) is 5.01 Å². The van der Waals surface area contributed by atoms with Crippen molar-refractivity contribution < 1.29 is 4.79 Å². The molecule has 1 aliphatic rings. The molecule has 1 N–H and O–H groups in total. The number of benzene rings is 1. The molecule has 7 heteroatoms. The van der Waals surface area contributed by atoms with Gasteiger partial charge in [-0.3, -0.25) is 10.2 Å². The lowest BCUT2D eigenvalue weighted by molar-refractivity contribution is -0.133. The third kappa shape index (κ3) is 3.92. The SMILES string of the molecule is CC(C)N1N=C(c2ccc(NN=C(C#N)C#N)cc2)CCC1=O. The second-order valence-corrected chi connectivity index (χ2v) is 5.25. The van der Waals surface area contributed by atoms with Crippen LogP contribution in [0, 0.1) is 22.7 Å². The Morgan fingerprint density at radius 3 is 2.48 bits per heavy atom. The Labute approximate surface area is 134 Å². The molecule has 0 bridgehead atoms. The second-order valence-electron chi connectivity index (χ2n) is 5.25. The Kier molecular flexibility index (Phi) is 5.06. The molecule has 0 aromatic heterocycles. The number of rotatable bonds is 4. The number of nitrogens with zero attached hydrogens (tertiary/aromatic N) is 5. The summed E-state index contributed by atoms with van der Waals surface area (Å²) >= 11 is 0. The van der Waals surface area contributed by atoms with Crippen molar-refractivity contribution in [1.82, 2.24) is 5.01 Å². The lowest BCUT2D eigenvalue weighted by Crippen LogP contribution is -2.36. The number of carbonyl (C=O) groups excluding carboxylic acids is 1. The van der Waals surface area contributed by atoms with Crippen LogP contribution in [0.4, 0.5) is 5.69 Å². The van der Waals surface area contributed by atoms with Gasteiger partial charge in [-0.15, -0.1) is 0 Å². The number of hydrogen-bond donors (Lipinski definition) is 1. The average molecular weight is 308 g/mol. The summed E-state index contributed by atoms with van der Waals surface area (Å²) in [5.74, 6) is 0.0388. The minimum atomic E-state index is -0.239. The molecule has 0 aliphatic carbocycles. The number of nitriles is 2. The van der Waals surface area contributed by atoms with Crippen LogP contribution in [0.15, 0.2) is 34.5 Å². The van der Waals surface area contributed by atoms with Crippen LogP contribution in [0.2, 0.25) is 0 Å². The predicted octanol–water partition coefficient (Wildman–Crippen LogP) is 2.24. The van der Waals surface area contributed by atoms with Crippen molar-refractivity contribution in [3.05, 3.63) is 29.8 Å². The van der Waals surface area contributed by atoms with Gasteiger partial charge in [-0.05, 0) is 31.5 Å². The van der Waals surface area contributed by atoms with Crippen LogP contribution < -0.4 is 5.43 Å². The van der Waals surface area contributed by atoms with E-state index in [1.54, 1.807) is 24.3 Å². The van der Waals surface area contributed by atoms with Crippen molar-refractivity contribution in [2.24, 2.45) is 10.2 Å². The fourth-order valence-electron chi connectivity index (χ4n) is 2.11. The number of amides is 1. The van der Waals surface area contributed by atoms with Crippen molar-refractivity contribution in [2.75, 3.05) is 5.43 Å². The van der Waals surface area contributed by atoms with E-state index in [4.69, 9.17) is 10.5 Å². The molecule has 0 fully saturated rings. The van der Waals surface area contributed by atoms with Crippen LogP contribution in [-0.2, 0) is 4.79 Å². The predicted molar refractivity (Wildman–Crippen MR) is 86.5 cm³/mol. The molecule has 7 nitrogen and oxygen atoms in total. The maximum absolute atomic E-state index is 11.8. The maximum Gasteiger partial charge on any atom is 0.243 e. The first-order chi connectivity index (χ1) is 11.0. The van der Waals surface area contributed by atoms with Crippen molar-refractivity contribution in [1.29, 1.82) is 10.5 Å². The van der Waals surface area contributed by atoms with E-state index in [2.05, 4.69) is 15.6 Å². The third-order valence-electron chi connectivity index (χ3n) is 3.28. The van der Waals surface area contributed by atoms with E-state index in [0.29, 0.717) is 18.5 Å². The first-order valence-electron chi connectivity index (χ1n) is 7.19. The minimum absolute atomic E-state index is 0.0310. The monoisotopic (exact) mass is 308 g/mol. The summed E-state index contributed by atoms with van der Waals surface area (Å²) in [6.45, 7) is 3.86. The van der Waals surface area contributed by atoms with Gasteiger partial charge in [0, 0.05) is 18.9 Å². The van der Waals surface area contributed by atoms with E-state index >= 15 is 0 Å². The molecule has 0 spiro atoms. The van der Waals surface area contributed by atoms with Gasteiger partial charge in [0.1, 0.15) is 12.1 Å². The van der Waals surface area contributed by atoms with Gasteiger partial charge >= 0.3 is 0 Å². The molecular formula is C16H16N6O. The molecule has 0 saturated heterocycles. The van der Waals surface area contributed by atoms with E-state index in [1.807, 2.05) is 26.0 Å². The quantitative estimate of drug-likeness (QED) is 0.680. The molecule has 1 aromatic rings. The van der Waals surface area contributed by atoms with Crippen LogP contribution >= 0.6 is 0 Å². The fourth-order valence-corrected chi connectivity index (χ4v) is 2.11. The van der Waals surface area contributed by atoms with Crippen LogP contribution in [0.25, 0.3) is 0 Å². The normalized spacial score (nSPS) is 13.9. The number of carbonyl (C=O) groups is 1. The molecule has 0 unspecified atom stereocenters. The standard InChI is InChI=1S/C16H16N6O/c1-11(2)22-16(23)8-7-15(21-22)12-3-5-13(6-4-12)19-20-14(9-17)10-18/h3-6,11,19H,7-8H2,1-2H3. The lowest BCUT2D eigenvalue weighted by Gasteiger charge is -2.26. The molecule has 1 amide bonds. The largest absolute Gasteiger partial charge is 0.277 e. The zero-order valence-corrected chi connectivity index (χ0v) is 12.9. The summed E-state index contributed by atoms with van der Waals surface area (Å²) in [4.78, 5) is 11.8. The molecule has 1 aromatic carbocycles. The van der Waals surface area contributed by atoms with Crippen LogP contribution in [0.3, 0.4) is 0 Å². The van der Waals surface area contributed by atoms with Crippen molar-refractivity contribution >= 4 is 23.0 Å². The first-order valence-corrected chi connectivity index (χ1v) is 7.19. The van der Waals surface area contributed by atoms with Gasteiger partial charge < -0.3 is 0 Å². The summed E-state index contributed by atoms with van der Waals surface area (Å²) in [5.41, 5.74) is 4.86. The lowest BCUT2D eigenvalue weighted by atomic mass is 10.0. The Hall–Kier alpha value is -3.19. The van der Waals surface area contributed by atoms with Gasteiger partial charge in [0.25, 0.3) is 0 Å². The van der Waals surface area contributed by atoms with Gasteiger partial charge in [0.05, 0.1) is 11.4 Å². The topological polar surface area (TPSA) is 105 Å². The third-order valence-corrected chi connectivity index (χ3v) is 3.28. The highest BCUT2D eigenvalue weighted by atomic mass is 16.2. The van der Waals surface area contributed by atoms with Gasteiger partial charge in [-0.25, -0.2) is 5.01 Å². The molecule has 0 radical (unpaired) electrons. The smallest absolute Gasteiger partial charge is 0.243 e. The van der Waals surface area contributed by atoms with Gasteiger partial charge in [-0.2, -0.15) is 20.7 Å². The average Bonchev–Trinajstić information content (AvgIpc) is 2.56. The second kappa shape index (κ2) is 7.19. The Morgan fingerprint density at radius 1 is 1.26 bits per heavy atom. The molecule has 116 valence electrons. The molecule has 1 heterocycles. The van der Waals surface area contributed by atoms with E-state index in [-0.39, 0.29) is 17.7 Å². The highest BCUT2D eigenvalue weighted by Crippen LogP contribution is 2.18. The zero-order valence-electron chi connectivity index (χ0n) is 12.9. The van der Waals surface area contributed by atoms with Crippen molar-refractivity contribution in [2.45, 2.75) is 32.7 Å². The molecular weight excluding hydrogens is 292 g/mol. The molecule has 0 atom stereocenters. The van der Waals surface area contributed by atoms with Gasteiger partial charge in [-0.1, -0.05) is 12.1 Å². The highest BCUT2D eigenvalue weighted by Gasteiger charge is 2.23. The summed E-state index contributed by atoms with van der Waals surface area (Å²) in [7, 11) is 0. The van der Waals surface area contributed by atoms with Gasteiger partial charge in [0.15, 0.2) is 0 Å². The zero-order chi connectivity index (χ0) is 16.8. The summed E-state index contributed by atoms with van der Waals surface area (Å²) in [5, 5.41) is 26.9. The number of nitrogens with one attached hydrogen (secondary N) is 1. The summed E-state index contributed by atoms with van der Waals surface area (Å²) in [6, 6.07) is 10.7. The first kappa shape index (κ1) is 16.2. The van der Waals surface area contributed by atoms with Gasteiger partial charge in [0.2, 0.25) is 11.6 Å². The minimum Gasteiger partial charge on any atom is -0.277 e. The molecule has 2 rings (SSSR count). The maximum atomic E-state index is 11.8. The van der Waals surface area contributed by atoms with E-state index in [9.17, 15) is 4.79 Å². The number of anilines is 1. The van der Waals surface area contributed by atoms with Crippen LogP contribution in [-0.4, -0.2) is 28.4 Å². The number of hydrazone groups is 2. The highest BCUT2D eigenvalue weighted by molar-refractivity contribution is 6.10. The van der Waals surface area contributed by atoms with Crippen LogP contribution in [0.1, 0.15) is 32.3 Å². The number of hydrogen-bond acceptors (Lipinski definition) is 6. The van der Waals surface area contributed by atoms with E-state index < -0.39 is 0 Å².